The van der Waals surface area contributed by atoms with Gasteiger partial charge in [0.1, 0.15) is 0 Å². The lowest BCUT2D eigenvalue weighted by molar-refractivity contribution is -0.140. The van der Waals surface area contributed by atoms with Crippen LogP contribution >= 0.6 is 0 Å². The highest BCUT2D eigenvalue weighted by Gasteiger charge is 2.32. The number of piperazine rings is 1. The first kappa shape index (κ1) is 14.1. The van der Waals surface area contributed by atoms with Crippen LogP contribution in [0.25, 0.3) is 0 Å². The molecule has 0 radical (unpaired) electrons. The molecule has 0 spiro atoms. The van der Waals surface area contributed by atoms with Crippen molar-refractivity contribution in [1.82, 2.24) is 9.80 Å². The molecule has 0 unspecified atom stereocenters. The number of carboxylic acids is 1. The summed E-state index contributed by atoms with van der Waals surface area (Å²) in [7, 11) is 0. The Bertz CT molecular complexity index is 525. The van der Waals surface area contributed by atoms with Crippen molar-refractivity contribution in [1.29, 1.82) is 0 Å². The van der Waals surface area contributed by atoms with E-state index in [1.54, 1.807) is 0 Å². The van der Waals surface area contributed by atoms with Gasteiger partial charge < -0.3 is 10.0 Å². The summed E-state index contributed by atoms with van der Waals surface area (Å²) in [6.07, 6.45) is 1.68. The predicted molar refractivity (Wildman–Crippen MR) is 78.0 cm³/mol. The highest BCUT2D eigenvalue weighted by atomic mass is 16.4. The van der Waals surface area contributed by atoms with Crippen molar-refractivity contribution in [3.05, 3.63) is 35.4 Å². The molecule has 1 aliphatic heterocycles. The quantitative estimate of drug-likeness (QED) is 0.886. The molecule has 0 bridgehead atoms. The lowest BCUT2D eigenvalue weighted by Gasteiger charge is -2.35. The van der Waals surface area contributed by atoms with Crippen LogP contribution in [0.2, 0.25) is 0 Å². The van der Waals surface area contributed by atoms with Crippen LogP contribution in [0.4, 0.5) is 0 Å². The van der Waals surface area contributed by atoms with E-state index in [1.807, 2.05) is 21.9 Å². The van der Waals surface area contributed by atoms with Crippen LogP contribution in [-0.2, 0) is 22.4 Å². The third-order valence-corrected chi connectivity index (χ3v) is 4.44. The zero-order chi connectivity index (χ0) is 14.8. The number of aliphatic carboxylic acids is 1. The van der Waals surface area contributed by atoms with E-state index in [9.17, 15) is 9.59 Å². The number of amides is 1. The van der Waals surface area contributed by atoms with Gasteiger partial charge in [0.2, 0.25) is 5.91 Å². The van der Waals surface area contributed by atoms with E-state index in [1.165, 1.54) is 11.1 Å². The molecule has 2 aliphatic rings. The summed E-state index contributed by atoms with van der Waals surface area (Å²) in [5.74, 6) is -0.518. The van der Waals surface area contributed by atoms with Gasteiger partial charge in [-0.05, 0) is 24.0 Å². The minimum atomic E-state index is -0.805. The molecule has 112 valence electrons. The molecule has 1 fully saturated rings. The first-order chi connectivity index (χ1) is 10.1. The Labute approximate surface area is 124 Å². The molecule has 5 heteroatoms. The maximum absolute atomic E-state index is 12.6. The van der Waals surface area contributed by atoms with E-state index in [2.05, 4.69) is 12.1 Å². The Balaban J connectivity index is 1.55. The molecule has 21 heavy (non-hydrogen) atoms. The number of carboxylic acid groups (broad SMARTS) is 1. The van der Waals surface area contributed by atoms with E-state index >= 15 is 0 Å². The highest BCUT2D eigenvalue weighted by Crippen LogP contribution is 2.28. The number of fused-ring (bicyclic) bond motifs is 1. The van der Waals surface area contributed by atoms with E-state index in [0.29, 0.717) is 26.2 Å². The van der Waals surface area contributed by atoms with Crippen molar-refractivity contribution < 1.29 is 14.7 Å². The van der Waals surface area contributed by atoms with Crippen molar-refractivity contribution >= 4 is 11.9 Å². The van der Waals surface area contributed by atoms with Gasteiger partial charge in [-0.1, -0.05) is 24.3 Å². The minimum absolute atomic E-state index is 0.0634. The lowest BCUT2D eigenvalue weighted by atomic mass is 10.0. The zero-order valence-corrected chi connectivity index (χ0v) is 12.0. The van der Waals surface area contributed by atoms with Crippen molar-refractivity contribution in [3.8, 4) is 0 Å². The summed E-state index contributed by atoms with van der Waals surface area (Å²) in [5.41, 5.74) is 2.58. The van der Waals surface area contributed by atoms with Gasteiger partial charge in [0, 0.05) is 32.1 Å². The van der Waals surface area contributed by atoms with Gasteiger partial charge >= 0.3 is 5.97 Å². The minimum Gasteiger partial charge on any atom is -0.480 e. The summed E-state index contributed by atoms with van der Waals surface area (Å²) >= 11 is 0. The Kier molecular flexibility index (Phi) is 3.92. The molecular formula is C16H20N2O3. The summed E-state index contributed by atoms with van der Waals surface area (Å²) in [6.45, 7) is 2.64. The molecule has 1 N–H and O–H groups in total. The van der Waals surface area contributed by atoms with Crippen LogP contribution in [0.3, 0.4) is 0 Å². The third kappa shape index (κ3) is 3.08. The second-order valence-electron chi connectivity index (χ2n) is 5.87. The fourth-order valence-electron chi connectivity index (χ4n) is 3.31. The maximum atomic E-state index is 12.6. The van der Waals surface area contributed by atoms with Crippen molar-refractivity contribution in [2.24, 2.45) is 5.92 Å². The fraction of sp³-hybridized carbons (Fsp3) is 0.500. The lowest BCUT2D eigenvalue weighted by Crippen LogP contribution is -2.51. The van der Waals surface area contributed by atoms with Crippen molar-refractivity contribution in [2.45, 2.75) is 12.8 Å². The van der Waals surface area contributed by atoms with Crippen LogP contribution < -0.4 is 0 Å². The molecule has 1 aliphatic carbocycles. The van der Waals surface area contributed by atoms with Gasteiger partial charge in [-0.2, -0.15) is 0 Å². The van der Waals surface area contributed by atoms with Crippen LogP contribution in [0.15, 0.2) is 24.3 Å². The SMILES string of the molecule is O=C(O)CN1CCN(C(=O)C2Cc3ccccc3C2)CC1. The molecule has 0 saturated carbocycles. The number of carbonyl (C=O) groups excluding carboxylic acids is 1. The van der Waals surface area contributed by atoms with Gasteiger partial charge in [-0.25, -0.2) is 0 Å². The molecule has 1 heterocycles. The summed E-state index contributed by atoms with van der Waals surface area (Å²) < 4.78 is 0. The van der Waals surface area contributed by atoms with Crippen molar-refractivity contribution in [3.63, 3.8) is 0 Å². The number of hydrogen-bond acceptors (Lipinski definition) is 3. The Morgan fingerprint density at radius 1 is 1.05 bits per heavy atom. The maximum Gasteiger partial charge on any atom is 0.317 e. The van der Waals surface area contributed by atoms with E-state index in [0.717, 1.165) is 12.8 Å². The Morgan fingerprint density at radius 3 is 2.14 bits per heavy atom. The van der Waals surface area contributed by atoms with Crippen molar-refractivity contribution in [2.75, 3.05) is 32.7 Å². The molecule has 3 rings (SSSR count). The van der Waals surface area contributed by atoms with Gasteiger partial charge in [0.25, 0.3) is 0 Å². The van der Waals surface area contributed by atoms with Gasteiger partial charge in [0.05, 0.1) is 6.54 Å². The molecular weight excluding hydrogens is 268 g/mol. The Hall–Kier alpha value is -1.88. The third-order valence-electron chi connectivity index (χ3n) is 4.44. The van der Waals surface area contributed by atoms with Gasteiger partial charge in [0.15, 0.2) is 0 Å². The first-order valence-electron chi connectivity index (χ1n) is 7.43. The fourth-order valence-corrected chi connectivity index (χ4v) is 3.31. The zero-order valence-electron chi connectivity index (χ0n) is 12.0. The van der Waals surface area contributed by atoms with Crippen LogP contribution in [0.1, 0.15) is 11.1 Å². The summed E-state index contributed by atoms with van der Waals surface area (Å²) in [5, 5.41) is 8.79. The van der Waals surface area contributed by atoms with E-state index < -0.39 is 5.97 Å². The molecule has 1 aromatic carbocycles. The number of rotatable bonds is 3. The average Bonchev–Trinajstić information content (AvgIpc) is 2.90. The van der Waals surface area contributed by atoms with Gasteiger partial charge in [-0.15, -0.1) is 0 Å². The Morgan fingerprint density at radius 2 is 1.62 bits per heavy atom. The van der Waals surface area contributed by atoms with E-state index in [-0.39, 0.29) is 18.4 Å². The molecule has 1 aromatic rings. The largest absolute Gasteiger partial charge is 0.480 e. The second-order valence-corrected chi connectivity index (χ2v) is 5.87. The van der Waals surface area contributed by atoms with E-state index in [4.69, 9.17) is 5.11 Å². The smallest absolute Gasteiger partial charge is 0.317 e. The number of nitrogens with zero attached hydrogens (tertiary/aromatic N) is 2. The highest BCUT2D eigenvalue weighted by molar-refractivity contribution is 5.80. The number of hydrogen-bond donors (Lipinski definition) is 1. The molecule has 5 nitrogen and oxygen atoms in total. The topological polar surface area (TPSA) is 60.9 Å². The predicted octanol–water partition coefficient (Wildman–Crippen LogP) is 0.630. The van der Waals surface area contributed by atoms with Crippen LogP contribution in [0.5, 0.6) is 0 Å². The molecule has 0 aromatic heterocycles. The standard InChI is InChI=1S/C16H20N2O3/c19-15(20)11-17-5-7-18(8-6-17)16(21)14-9-12-3-1-2-4-13(12)10-14/h1-4,14H,5-11H2,(H,19,20). The molecule has 0 atom stereocenters. The summed E-state index contributed by atoms with van der Waals surface area (Å²) in [4.78, 5) is 27.1. The number of carbonyl (C=O) groups is 2. The normalized spacial score (nSPS) is 19.5. The average molecular weight is 288 g/mol. The van der Waals surface area contributed by atoms with Gasteiger partial charge in [-0.3, -0.25) is 14.5 Å². The number of benzene rings is 1. The second kappa shape index (κ2) is 5.85. The van der Waals surface area contributed by atoms with Crippen LogP contribution in [-0.4, -0.2) is 59.5 Å². The summed E-state index contributed by atoms with van der Waals surface area (Å²) in [6, 6.07) is 8.26. The molecule has 1 saturated heterocycles. The monoisotopic (exact) mass is 288 g/mol. The van der Waals surface area contributed by atoms with Crippen LogP contribution in [0, 0.1) is 5.92 Å². The molecule has 1 amide bonds. The first-order valence-corrected chi connectivity index (χ1v) is 7.43.